The van der Waals surface area contributed by atoms with Crippen molar-refractivity contribution in [3.8, 4) is 5.75 Å². The van der Waals surface area contributed by atoms with Crippen molar-refractivity contribution in [2.75, 3.05) is 26.2 Å². The van der Waals surface area contributed by atoms with Gasteiger partial charge in [-0.15, -0.1) is 11.3 Å². The first-order valence-electron chi connectivity index (χ1n) is 9.02. The lowest BCUT2D eigenvalue weighted by molar-refractivity contribution is -0.126. The molecule has 0 radical (unpaired) electrons. The van der Waals surface area contributed by atoms with Gasteiger partial charge in [0.15, 0.2) is 0 Å². The average molecular weight is 372 g/mol. The van der Waals surface area contributed by atoms with Gasteiger partial charge < -0.3 is 15.0 Å². The summed E-state index contributed by atoms with van der Waals surface area (Å²) < 4.78 is 5.61. The van der Waals surface area contributed by atoms with Crippen LogP contribution >= 0.6 is 11.3 Å². The smallest absolute Gasteiger partial charge is 0.263 e. The maximum Gasteiger partial charge on any atom is 0.263 e. The monoisotopic (exact) mass is 372 g/mol. The largest absolute Gasteiger partial charge is 0.494 e. The number of nitrogens with one attached hydrogen (secondary N) is 1. The zero-order valence-electron chi connectivity index (χ0n) is 14.7. The number of amides is 2. The minimum atomic E-state index is -0.00238. The molecule has 5 nitrogen and oxygen atoms in total. The summed E-state index contributed by atoms with van der Waals surface area (Å²) in [5.74, 6) is 1.02. The molecule has 3 rings (SSSR count). The molecule has 0 atom stereocenters. The van der Waals surface area contributed by atoms with Crippen LogP contribution in [0.15, 0.2) is 47.8 Å². The molecule has 0 bridgehead atoms. The Morgan fingerprint density at radius 1 is 1.12 bits per heavy atom. The Morgan fingerprint density at radius 2 is 1.88 bits per heavy atom. The van der Waals surface area contributed by atoms with Crippen LogP contribution in [0.25, 0.3) is 0 Å². The third kappa shape index (κ3) is 5.08. The van der Waals surface area contributed by atoms with E-state index in [4.69, 9.17) is 4.74 Å². The molecule has 1 aromatic heterocycles. The maximum atomic E-state index is 12.3. The Hall–Kier alpha value is -2.34. The Balaban J connectivity index is 1.32. The van der Waals surface area contributed by atoms with Gasteiger partial charge in [-0.05, 0) is 42.8 Å². The van der Waals surface area contributed by atoms with E-state index in [0.29, 0.717) is 26.2 Å². The molecule has 0 spiro atoms. The van der Waals surface area contributed by atoms with Crippen LogP contribution in [0.2, 0.25) is 0 Å². The topological polar surface area (TPSA) is 58.6 Å². The lowest BCUT2D eigenvalue weighted by Gasteiger charge is -2.31. The molecule has 1 aliphatic heterocycles. The molecule has 1 fully saturated rings. The zero-order valence-corrected chi connectivity index (χ0v) is 15.5. The van der Waals surface area contributed by atoms with Crippen LogP contribution in [0.1, 0.15) is 28.9 Å². The fourth-order valence-corrected chi connectivity index (χ4v) is 3.73. The number of ether oxygens (including phenoxy) is 1. The van der Waals surface area contributed by atoms with Gasteiger partial charge in [-0.25, -0.2) is 0 Å². The number of nitrogens with zero attached hydrogens (tertiary/aromatic N) is 1. The zero-order chi connectivity index (χ0) is 18.2. The molecular weight excluding hydrogens is 348 g/mol. The van der Waals surface area contributed by atoms with Gasteiger partial charge in [0.1, 0.15) is 5.75 Å². The molecule has 2 heterocycles. The van der Waals surface area contributed by atoms with Crippen molar-refractivity contribution in [2.24, 2.45) is 5.92 Å². The summed E-state index contributed by atoms with van der Waals surface area (Å²) in [5, 5.41) is 4.90. The predicted octanol–water partition coefficient (Wildman–Crippen LogP) is 3.19. The molecule has 0 saturated carbocycles. The number of hydrogen-bond donors (Lipinski definition) is 1. The molecule has 1 aromatic carbocycles. The summed E-state index contributed by atoms with van der Waals surface area (Å²) in [5.41, 5.74) is 0. The fraction of sp³-hybridized carbons (Fsp3) is 0.400. The van der Waals surface area contributed by atoms with E-state index >= 15 is 0 Å². The van der Waals surface area contributed by atoms with Crippen molar-refractivity contribution >= 4 is 23.2 Å². The molecule has 138 valence electrons. The van der Waals surface area contributed by atoms with Gasteiger partial charge in [-0.2, -0.15) is 0 Å². The number of benzene rings is 1. The van der Waals surface area contributed by atoms with Crippen molar-refractivity contribution in [3.63, 3.8) is 0 Å². The van der Waals surface area contributed by atoms with Gasteiger partial charge in [-0.1, -0.05) is 24.3 Å². The van der Waals surface area contributed by atoms with Crippen molar-refractivity contribution in [1.82, 2.24) is 10.2 Å². The van der Waals surface area contributed by atoms with Gasteiger partial charge in [0.25, 0.3) is 5.91 Å². The fourth-order valence-electron chi connectivity index (χ4n) is 3.04. The number of rotatable bonds is 7. The van der Waals surface area contributed by atoms with Gasteiger partial charge in [0, 0.05) is 25.6 Å². The molecule has 26 heavy (non-hydrogen) atoms. The molecule has 6 heteroatoms. The Labute approximate surface area is 158 Å². The van der Waals surface area contributed by atoms with Crippen LogP contribution in [0.3, 0.4) is 0 Å². The van der Waals surface area contributed by atoms with Crippen LogP contribution in [0.5, 0.6) is 5.75 Å². The second-order valence-electron chi connectivity index (χ2n) is 6.35. The van der Waals surface area contributed by atoms with Gasteiger partial charge in [-0.3, -0.25) is 9.59 Å². The second kappa shape index (κ2) is 9.38. The molecule has 0 unspecified atom stereocenters. The molecule has 2 aromatic rings. The summed E-state index contributed by atoms with van der Waals surface area (Å²) in [6.07, 6.45) is 2.23. The number of hydrogen-bond acceptors (Lipinski definition) is 4. The highest BCUT2D eigenvalue weighted by Crippen LogP contribution is 2.21. The van der Waals surface area contributed by atoms with Gasteiger partial charge >= 0.3 is 0 Å². The number of carbonyl (C=O) groups excluding carboxylic acids is 2. The third-order valence-electron chi connectivity index (χ3n) is 4.52. The first kappa shape index (κ1) is 18.5. The minimum absolute atomic E-state index is 0.00238. The molecule has 1 N–H and O–H groups in total. The van der Waals surface area contributed by atoms with Crippen molar-refractivity contribution in [3.05, 3.63) is 52.7 Å². The molecule has 0 aliphatic carbocycles. The van der Waals surface area contributed by atoms with E-state index in [0.717, 1.165) is 29.9 Å². The van der Waals surface area contributed by atoms with Gasteiger partial charge in [0.05, 0.1) is 11.5 Å². The lowest BCUT2D eigenvalue weighted by Crippen LogP contribution is -2.43. The normalized spacial score (nSPS) is 14.8. The number of para-hydroxylation sites is 1. The van der Waals surface area contributed by atoms with Crippen molar-refractivity contribution < 1.29 is 14.3 Å². The number of carbonyl (C=O) groups is 2. The molecule has 1 saturated heterocycles. The van der Waals surface area contributed by atoms with E-state index in [9.17, 15) is 9.59 Å². The van der Waals surface area contributed by atoms with Crippen LogP contribution in [-0.2, 0) is 4.79 Å². The predicted molar refractivity (Wildman–Crippen MR) is 103 cm³/mol. The van der Waals surface area contributed by atoms with Crippen LogP contribution in [0, 0.1) is 5.92 Å². The Bertz CT molecular complexity index is 695. The third-order valence-corrected chi connectivity index (χ3v) is 5.38. The second-order valence-corrected chi connectivity index (χ2v) is 7.30. The maximum absolute atomic E-state index is 12.3. The van der Waals surface area contributed by atoms with E-state index in [-0.39, 0.29) is 17.7 Å². The first-order chi connectivity index (χ1) is 12.7. The quantitative estimate of drug-likeness (QED) is 0.760. The molecular formula is C20H24N2O3S. The molecule has 1 aliphatic rings. The van der Waals surface area contributed by atoms with E-state index in [2.05, 4.69) is 5.32 Å². The summed E-state index contributed by atoms with van der Waals surface area (Å²) in [7, 11) is 0. The van der Waals surface area contributed by atoms with Crippen LogP contribution < -0.4 is 10.1 Å². The summed E-state index contributed by atoms with van der Waals surface area (Å²) in [4.78, 5) is 27.2. The number of piperidine rings is 1. The summed E-state index contributed by atoms with van der Waals surface area (Å²) in [6.45, 7) is 2.48. The van der Waals surface area contributed by atoms with Crippen molar-refractivity contribution in [1.29, 1.82) is 0 Å². The highest BCUT2D eigenvalue weighted by molar-refractivity contribution is 7.12. The van der Waals surface area contributed by atoms with Crippen LogP contribution in [-0.4, -0.2) is 43.0 Å². The Morgan fingerprint density at radius 3 is 2.58 bits per heavy atom. The summed E-state index contributed by atoms with van der Waals surface area (Å²) in [6, 6.07) is 13.4. The van der Waals surface area contributed by atoms with E-state index in [1.807, 2.05) is 52.7 Å². The average Bonchev–Trinajstić information content (AvgIpc) is 3.23. The highest BCUT2D eigenvalue weighted by atomic mass is 32.1. The number of thiophene rings is 1. The van der Waals surface area contributed by atoms with E-state index in [1.165, 1.54) is 11.3 Å². The van der Waals surface area contributed by atoms with Crippen molar-refractivity contribution in [2.45, 2.75) is 19.3 Å². The van der Waals surface area contributed by atoms with Crippen LogP contribution in [0.4, 0.5) is 0 Å². The van der Waals surface area contributed by atoms with Gasteiger partial charge in [0.2, 0.25) is 5.91 Å². The minimum Gasteiger partial charge on any atom is -0.494 e. The SMILES string of the molecule is O=C(NCCCOc1ccccc1)C1CCN(C(=O)c2cccs2)CC1. The summed E-state index contributed by atoms with van der Waals surface area (Å²) >= 11 is 1.46. The van der Waals surface area contributed by atoms with E-state index < -0.39 is 0 Å². The first-order valence-corrected chi connectivity index (χ1v) is 9.90. The number of likely N-dealkylation sites (tertiary alicyclic amines) is 1. The standard InChI is InChI=1S/C20H24N2O3S/c23-19(21-11-5-14-25-17-6-2-1-3-7-17)16-9-12-22(13-10-16)20(24)18-8-4-15-26-18/h1-4,6-8,15-16H,5,9-14H2,(H,21,23). The van der Waals surface area contributed by atoms with E-state index in [1.54, 1.807) is 0 Å². The lowest BCUT2D eigenvalue weighted by atomic mass is 9.95. The highest BCUT2D eigenvalue weighted by Gasteiger charge is 2.27. The Kier molecular flexibility index (Phi) is 6.66. The molecule has 2 amide bonds.